The molecule has 1 saturated heterocycles. The van der Waals surface area contributed by atoms with E-state index in [-0.39, 0.29) is 36.3 Å². The Morgan fingerprint density at radius 3 is 2.41 bits per heavy atom. The van der Waals surface area contributed by atoms with Crippen LogP contribution in [0.5, 0.6) is 0 Å². The molecule has 1 aromatic carbocycles. The number of piperidine rings is 1. The van der Waals surface area contributed by atoms with E-state index in [4.69, 9.17) is 0 Å². The lowest BCUT2D eigenvalue weighted by Crippen LogP contribution is -2.50. The van der Waals surface area contributed by atoms with E-state index in [2.05, 4.69) is 34.4 Å². The van der Waals surface area contributed by atoms with Gasteiger partial charge in [0.1, 0.15) is 0 Å². The topological polar surface area (TPSA) is 73.8 Å². The van der Waals surface area contributed by atoms with Gasteiger partial charge in [-0.05, 0) is 45.7 Å². The smallest absolute Gasteiger partial charge is 0.191 e. The normalized spacial score (nSPS) is 16.8. The first kappa shape index (κ1) is 24.2. The van der Waals surface area contributed by atoms with E-state index in [0.29, 0.717) is 22.9 Å². The molecule has 0 atom stereocenters. The minimum Gasteiger partial charge on any atom is -0.357 e. The van der Waals surface area contributed by atoms with Gasteiger partial charge in [0.2, 0.25) is 0 Å². The van der Waals surface area contributed by atoms with Crippen LogP contribution in [0.25, 0.3) is 0 Å². The van der Waals surface area contributed by atoms with Gasteiger partial charge in [0.05, 0.1) is 17.2 Å². The Kier molecular flexibility index (Phi) is 10.6. The number of nitrogens with zero attached hydrogens (tertiary/aromatic N) is 2. The summed E-state index contributed by atoms with van der Waals surface area (Å²) in [5.74, 6) is 0.720. The number of sulfone groups is 1. The maximum absolute atomic E-state index is 12.3. The molecule has 0 amide bonds. The molecule has 0 aliphatic carbocycles. The summed E-state index contributed by atoms with van der Waals surface area (Å²) in [5, 5.41) is 6.68. The SMILES string of the molecule is CCNC(=NCCS(=O)(=O)c1ccccc1)NC1CCN(C(C)C)CC1.I. The molecule has 1 aliphatic rings. The number of guanidine groups is 1. The molecule has 1 fully saturated rings. The molecule has 0 aromatic heterocycles. The third kappa shape index (κ3) is 7.95. The monoisotopic (exact) mass is 508 g/mol. The zero-order valence-electron chi connectivity index (χ0n) is 16.5. The van der Waals surface area contributed by atoms with Crippen LogP contribution in [0.1, 0.15) is 33.6 Å². The highest BCUT2D eigenvalue weighted by atomic mass is 127. The molecule has 0 spiro atoms. The highest BCUT2D eigenvalue weighted by molar-refractivity contribution is 14.0. The van der Waals surface area contributed by atoms with Crippen molar-refractivity contribution in [3.8, 4) is 0 Å². The summed E-state index contributed by atoms with van der Waals surface area (Å²) >= 11 is 0. The van der Waals surface area contributed by atoms with Crippen LogP contribution < -0.4 is 10.6 Å². The van der Waals surface area contributed by atoms with Crippen molar-refractivity contribution in [1.82, 2.24) is 15.5 Å². The van der Waals surface area contributed by atoms with Crippen molar-refractivity contribution in [2.45, 2.75) is 50.6 Å². The summed E-state index contributed by atoms with van der Waals surface area (Å²) in [6.45, 7) is 9.63. The molecule has 0 saturated carbocycles. The zero-order chi connectivity index (χ0) is 19.0. The average Bonchev–Trinajstić information content (AvgIpc) is 2.63. The fourth-order valence-corrected chi connectivity index (χ4v) is 4.24. The van der Waals surface area contributed by atoms with Gasteiger partial charge >= 0.3 is 0 Å². The van der Waals surface area contributed by atoms with Gasteiger partial charge in [-0.2, -0.15) is 0 Å². The van der Waals surface area contributed by atoms with Crippen molar-refractivity contribution in [2.24, 2.45) is 4.99 Å². The van der Waals surface area contributed by atoms with Gasteiger partial charge in [-0.3, -0.25) is 4.99 Å². The van der Waals surface area contributed by atoms with Gasteiger partial charge < -0.3 is 15.5 Å². The number of halogens is 1. The van der Waals surface area contributed by atoms with Crippen LogP contribution in [0.2, 0.25) is 0 Å². The van der Waals surface area contributed by atoms with E-state index in [1.54, 1.807) is 24.3 Å². The molecule has 2 rings (SSSR count). The average molecular weight is 508 g/mol. The maximum Gasteiger partial charge on any atom is 0.191 e. The Labute approximate surface area is 181 Å². The molecule has 0 bridgehead atoms. The maximum atomic E-state index is 12.3. The molecule has 6 nitrogen and oxygen atoms in total. The molecule has 1 aliphatic heterocycles. The predicted molar refractivity (Wildman–Crippen MR) is 123 cm³/mol. The second-order valence-corrected chi connectivity index (χ2v) is 9.05. The minimum atomic E-state index is -3.29. The number of hydrogen-bond donors (Lipinski definition) is 2. The molecule has 1 aromatic rings. The number of hydrogen-bond acceptors (Lipinski definition) is 4. The predicted octanol–water partition coefficient (Wildman–Crippen LogP) is 2.51. The van der Waals surface area contributed by atoms with Crippen LogP contribution in [-0.4, -0.2) is 63.3 Å². The fourth-order valence-electron chi connectivity index (χ4n) is 3.10. The van der Waals surface area contributed by atoms with Crippen LogP contribution >= 0.6 is 24.0 Å². The van der Waals surface area contributed by atoms with E-state index < -0.39 is 9.84 Å². The van der Waals surface area contributed by atoms with E-state index in [0.717, 1.165) is 32.5 Å². The number of benzene rings is 1. The lowest BCUT2D eigenvalue weighted by atomic mass is 10.0. The quantitative estimate of drug-likeness (QED) is 0.337. The zero-order valence-corrected chi connectivity index (χ0v) is 19.7. The van der Waals surface area contributed by atoms with Crippen LogP contribution in [0.15, 0.2) is 40.2 Å². The minimum absolute atomic E-state index is 0. The third-order valence-electron chi connectivity index (χ3n) is 4.68. The first-order valence-corrected chi connectivity index (χ1v) is 11.1. The summed E-state index contributed by atoms with van der Waals surface area (Å²) in [6.07, 6.45) is 2.15. The van der Waals surface area contributed by atoms with Crippen molar-refractivity contribution >= 4 is 39.8 Å². The van der Waals surface area contributed by atoms with Gasteiger partial charge in [0.25, 0.3) is 0 Å². The Morgan fingerprint density at radius 1 is 1.22 bits per heavy atom. The van der Waals surface area contributed by atoms with Crippen LogP contribution in [-0.2, 0) is 9.84 Å². The van der Waals surface area contributed by atoms with Crippen LogP contribution in [0.3, 0.4) is 0 Å². The second-order valence-electron chi connectivity index (χ2n) is 6.94. The molecule has 0 unspecified atom stereocenters. The summed E-state index contributed by atoms with van der Waals surface area (Å²) in [7, 11) is -3.29. The Bertz CT molecular complexity index is 672. The molecule has 0 radical (unpaired) electrons. The molecule has 2 N–H and O–H groups in total. The molecular weight excluding hydrogens is 475 g/mol. The summed E-state index contributed by atoms with van der Waals surface area (Å²) in [4.78, 5) is 7.31. The third-order valence-corrected chi connectivity index (χ3v) is 6.39. The highest BCUT2D eigenvalue weighted by Gasteiger charge is 2.21. The van der Waals surface area contributed by atoms with Gasteiger partial charge in [-0.15, -0.1) is 24.0 Å². The van der Waals surface area contributed by atoms with Crippen molar-refractivity contribution in [2.75, 3.05) is 31.9 Å². The molecular formula is C19H33IN4O2S. The Morgan fingerprint density at radius 2 is 1.85 bits per heavy atom. The standard InChI is InChI=1S/C19H32N4O2S.HI/c1-4-20-19(22-17-10-13-23(14-11-17)16(2)3)21-12-15-26(24,25)18-8-6-5-7-9-18;/h5-9,16-17H,4,10-15H2,1-3H3,(H2,20,21,22);1H. The summed E-state index contributed by atoms with van der Waals surface area (Å²) in [5.41, 5.74) is 0. The lowest BCUT2D eigenvalue weighted by molar-refractivity contribution is 0.167. The number of aliphatic imine (C=N–C) groups is 1. The second kappa shape index (κ2) is 11.9. The molecule has 27 heavy (non-hydrogen) atoms. The Hall–Kier alpha value is -0.870. The van der Waals surface area contributed by atoms with Crippen molar-refractivity contribution in [3.63, 3.8) is 0 Å². The first-order valence-electron chi connectivity index (χ1n) is 9.49. The molecule has 8 heteroatoms. The van der Waals surface area contributed by atoms with Crippen molar-refractivity contribution in [3.05, 3.63) is 30.3 Å². The van der Waals surface area contributed by atoms with E-state index in [9.17, 15) is 8.42 Å². The lowest BCUT2D eigenvalue weighted by Gasteiger charge is -2.35. The van der Waals surface area contributed by atoms with E-state index >= 15 is 0 Å². The largest absolute Gasteiger partial charge is 0.357 e. The number of likely N-dealkylation sites (tertiary alicyclic amines) is 1. The van der Waals surface area contributed by atoms with E-state index in [1.165, 1.54) is 0 Å². The van der Waals surface area contributed by atoms with Crippen molar-refractivity contribution < 1.29 is 8.42 Å². The van der Waals surface area contributed by atoms with Crippen LogP contribution in [0.4, 0.5) is 0 Å². The van der Waals surface area contributed by atoms with E-state index in [1.807, 2.05) is 13.0 Å². The van der Waals surface area contributed by atoms with Crippen molar-refractivity contribution in [1.29, 1.82) is 0 Å². The van der Waals surface area contributed by atoms with Crippen LogP contribution in [0, 0.1) is 0 Å². The Balaban J connectivity index is 0.00000364. The van der Waals surface area contributed by atoms with Gasteiger partial charge in [0, 0.05) is 31.7 Å². The summed E-state index contributed by atoms with van der Waals surface area (Å²) in [6, 6.07) is 9.52. The summed E-state index contributed by atoms with van der Waals surface area (Å²) < 4.78 is 24.7. The molecule has 1 heterocycles. The highest BCUT2D eigenvalue weighted by Crippen LogP contribution is 2.13. The van der Waals surface area contributed by atoms with Gasteiger partial charge in [0.15, 0.2) is 15.8 Å². The fraction of sp³-hybridized carbons (Fsp3) is 0.632. The first-order chi connectivity index (χ1) is 12.4. The number of rotatable bonds is 7. The van der Waals surface area contributed by atoms with Gasteiger partial charge in [-0.1, -0.05) is 18.2 Å². The number of nitrogens with one attached hydrogen (secondary N) is 2. The van der Waals surface area contributed by atoms with Gasteiger partial charge in [-0.25, -0.2) is 8.42 Å². The molecule has 154 valence electrons.